The highest BCUT2D eigenvalue weighted by atomic mass is 16.5. The number of hydrogen-bond donors (Lipinski definition) is 2. The average molecular weight is 399 g/mol. The number of pyridine rings is 3. The molecule has 0 unspecified atom stereocenters. The van der Waals surface area contributed by atoms with Crippen LogP contribution in [0.4, 0.5) is 5.82 Å². The minimum Gasteiger partial charge on any atom is -0.481 e. The molecule has 0 spiro atoms. The number of ether oxygens (including phenoxy) is 1. The van der Waals surface area contributed by atoms with Crippen LogP contribution in [0.1, 0.15) is 12.6 Å². The summed E-state index contributed by atoms with van der Waals surface area (Å²) in [7, 11) is 1.53. The lowest BCUT2D eigenvalue weighted by atomic mass is 10.0. The van der Waals surface area contributed by atoms with Crippen LogP contribution in [0.5, 0.6) is 5.88 Å². The first-order chi connectivity index (χ1) is 14.6. The van der Waals surface area contributed by atoms with Gasteiger partial charge in [-0.15, -0.1) is 0 Å². The maximum atomic E-state index is 11.7. The van der Waals surface area contributed by atoms with Crippen molar-refractivity contribution in [2.45, 2.75) is 13.3 Å². The molecule has 0 aliphatic rings. The molecule has 7 heteroatoms. The Bertz CT molecular complexity index is 1250. The van der Waals surface area contributed by atoms with Gasteiger partial charge in [-0.3, -0.25) is 9.78 Å². The molecule has 0 aliphatic carbocycles. The number of anilines is 1. The molecule has 4 aromatic rings. The van der Waals surface area contributed by atoms with Crippen molar-refractivity contribution < 1.29 is 9.53 Å². The Morgan fingerprint density at radius 3 is 2.83 bits per heavy atom. The standard InChI is InChI=1S/C23H21N5O2/c1-4-17-8-14(6-7-24-17)19-13-26-23-18(19)9-16(12-25-23)15-10-20(27-21(29)5-2)28-22(11-15)30-3/h5-13H,2,4H2,1,3H3,(H,25,26)(H,27,28,29). The number of nitrogens with zero attached hydrogens (tertiary/aromatic N) is 3. The first-order valence-corrected chi connectivity index (χ1v) is 9.53. The van der Waals surface area contributed by atoms with Gasteiger partial charge in [-0.05, 0) is 47.9 Å². The van der Waals surface area contributed by atoms with Crippen molar-refractivity contribution in [2.24, 2.45) is 0 Å². The van der Waals surface area contributed by atoms with Crippen LogP contribution in [-0.4, -0.2) is 33.0 Å². The second kappa shape index (κ2) is 8.16. The highest BCUT2D eigenvalue weighted by molar-refractivity contribution is 5.99. The average Bonchev–Trinajstić information content (AvgIpc) is 3.22. The summed E-state index contributed by atoms with van der Waals surface area (Å²) in [5, 5.41) is 3.67. The summed E-state index contributed by atoms with van der Waals surface area (Å²) in [5.41, 5.74) is 5.67. The number of methoxy groups -OCH3 is 1. The van der Waals surface area contributed by atoms with E-state index in [0.29, 0.717) is 11.7 Å². The molecule has 0 fully saturated rings. The summed E-state index contributed by atoms with van der Waals surface area (Å²) in [6.07, 6.45) is 7.63. The Morgan fingerprint density at radius 2 is 2.07 bits per heavy atom. The van der Waals surface area contributed by atoms with E-state index in [-0.39, 0.29) is 5.91 Å². The molecule has 0 aliphatic heterocycles. The lowest BCUT2D eigenvalue weighted by molar-refractivity contribution is -0.111. The van der Waals surface area contributed by atoms with Crippen molar-refractivity contribution in [3.05, 3.63) is 67.3 Å². The monoisotopic (exact) mass is 399 g/mol. The van der Waals surface area contributed by atoms with Crippen molar-refractivity contribution in [1.29, 1.82) is 0 Å². The van der Waals surface area contributed by atoms with Gasteiger partial charge in [-0.1, -0.05) is 13.5 Å². The van der Waals surface area contributed by atoms with Crippen LogP contribution < -0.4 is 10.1 Å². The van der Waals surface area contributed by atoms with E-state index in [0.717, 1.165) is 45.4 Å². The van der Waals surface area contributed by atoms with E-state index in [4.69, 9.17) is 4.74 Å². The number of H-pyrrole nitrogens is 1. The van der Waals surface area contributed by atoms with Crippen LogP contribution >= 0.6 is 0 Å². The van der Waals surface area contributed by atoms with Gasteiger partial charge in [0.25, 0.3) is 0 Å². The van der Waals surface area contributed by atoms with Crippen LogP contribution in [0.25, 0.3) is 33.3 Å². The Kier molecular flexibility index (Phi) is 5.26. The summed E-state index contributed by atoms with van der Waals surface area (Å²) in [5.74, 6) is 0.431. The number of aromatic amines is 1. The molecular weight excluding hydrogens is 378 g/mol. The Balaban J connectivity index is 1.81. The van der Waals surface area contributed by atoms with Gasteiger partial charge in [-0.25, -0.2) is 4.98 Å². The highest BCUT2D eigenvalue weighted by Crippen LogP contribution is 2.32. The molecule has 0 radical (unpaired) electrons. The van der Waals surface area contributed by atoms with E-state index < -0.39 is 0 Å². The predicted octanol–water partition coefficient (Wildman–Crippen LogP) is 4.38. The number of aryl methyl sites for hydroxylation is 1. The Morgan fingerprint density at radius 1 is 1.20 bits per heavy atom. The number of aromatic nitrogens is 4. The van der Waals surface area contributed by atoms with Gasteiger partial charge in [0.1, 0.15) is 11.5 Å². The van der Waals surface area contributed by atoms with Gasteiger partial charge < -0.3 is 15.0 Å². The van der Waals surface area contributed by atoms with Crippen LogP contribution in [0.2, 0.25) is 0 Å². The first-order valence-electron chi connectivity index (χ1n) is 9.53. The summed E-state index contributed by atoms with van der Waals surface area (Å²) in [6.45, 7) is 5.55. The fourth-order valence-corrected chi connectivity index (χ4v) is 3.26. The SMILES string of the molecule is C=CC(=O)Nc1cc(-c2cnc3[nH]cc(-c4ccnc(CC)c4)c3c2)cc(OC)n1. The molecule has 2 N–H and O–H groups in total. The van der Waals surface area contributed by atoms with Gasteiger partial charge in [-0.2, -0.15) is 4.98 Å². The first kappa shape index (κ1) is 19.3. The Hall–Kier alpha value is -4.00. The minimum absolute atomic E-state index is 0.340. The topological polar surface area (TPSA) is 92.8 Å². The van der Waals surface area contributed by atoms with E-state index in [1.807, 2.05) is 18.5 Å². The van der Waals surface area contributed by atoms with Gasteiger partial charge >= 0.3 is 0 Å². The number of fused-ring (bicyclic) bond motifs is 1. The van der Waals surface area contributed by atoms with Gasteiger partial charge in [0.2, 0.25) is 11.8 Å². The largest absolute Gasteiger partial charge is 0.481 e. The van der Waals surface area contributed by atoms with E-state index in [9.17, 15) is 4.79 Å². The van der Waals surface area contributed by atoms with E-state index in [1.54, 1.807) is 18.3 Å². The van der Waals surface area contributed by atoms with E-state index in [2.05, 4.69) is 50.9 Å². The van der Waals surface area contributed by atoms with Crippen LogP contribution in [0.3, 0.4) is 0 Å². The third-order valence-electron chi connectivity index (χ3n) is 4.80. The number of carbonyl (C=O) groups is 1. The fourth-order valence-electron chi connectivity index (χ4n) is 3.26. The lowest BCUT2D eigenvalue weighted by Gasteiger charge is -2.09. The van der Waals surface area contributed by atoms with Crippen molar-refractivity contribution in [3.63, 3.8) is 0 Å². The second-order valence-corrected chi connectivity index (χ2v) is 6.69. The third kappa shape index (κ3) is 3.77. The maximum absolute atomic E-state index is 11.7. The molecule has 0 aromatic carbocycles. The zero-order valence-corrected chi connectivity index (χ0v) is 16.8. The molecule has 4 aromatic heterocycles. The second-order valence-electron chi connectivity index (χ2n) is 6.69. The molecular formula is C23H21N5O2. The molecule has 0 saturated carbocycles. The third-order valence-corrected chi connectivity index (χ3v) is 4.80. The fraction of sp³-hybridized carbons (Fsp3) is 0.130. The summed E-state index contributed by atoms with van der Waals surface area (Å²) in [4.78, 5) is 28.1. The smallest absolute Gasteiger partial charge is 0.248 e. The number of amides is 1. The van der Waals surface area contributed by atoms with Gasteiger partial charge in [0, 0.05) is 46.9 Å². The van der Waals surface area contributed by atoms with Crippen LogP contribution in [0, 0.1) is 0 Å². The Labute approximate surface area is 173 Å². The molecule has 4 rings (SSSR count). The molecule has 4 heterocycles. The van der Waals surface area contributed by atoms with Gasteiger partial charge in [0.05, 0.1) is 7.11 Å². The molecule has 30 heavy (non-hydrogen) atoms. The molecule has 1 amide bonds. The van der Waals surface area contributed by atoms with Crippen molar-refractivity contribution in [2.75, 3.05) is 12.4 Å². The zero-order valence-electron chi connectivity index (χ0n) is 16.8. The minimum atomic E-state index is -0.340. The van der Waals surface area contributed by atoms with E-state index >= 15 is 0 Å². The molecule has 7 nitrogen and oxygen atoms in total. The number of rotatable bonds is 6. The number of carbonyl (C=O) groups excluding carboxylic acids is 1. The van der Waals surface area contributed by atoms with Crippen molar-refractivity contribution >= 4 is 22.8 Å². The zero-order chi connectivity index (χ0) is 21.1. The molecule has 0 saturated heterocycles. The van der Waals surface area contributed by atoms with Crippen LogP contribution in [-0.2, 0) is 11.2 Å². The lowest BCUT2D eigenvalue weighted by Crippen LogP contribution is -2.09. The van der Waals surface area contributed by atoms with Gasteiger partial charge in [0.15, 0.2) is 0 Å². The maximum Gasteiger partial charge on any atom is 0.248 e. The summed E-state index contributed by atoms with van der Waals surface area (Å²) in [6, 6.07) is 9.73. The summed E-state index contributed by atoms with van der Waals surface area (Å²) < 4.78 is 5.30. The predicted molar refractivity (Wildman–Crippen MR) is 117 cm³/mol. The molecule has 0 atom stereocenters. The van der Waals surface area contributed by atoms with Crippen molar-refractivity contribution in [1.82, 2.24) is 19.9 Å². The normalized spacial score (nSPS) is 10.7. The number of nitrogens with one attached hydrogen (secondary N) is 2. The quantitative estimate of drug-likeness (QED) is 0.469. The highest BCUT2D eigenvalue weighted by Gasteiger charge is 2.12. The van der Waals surface area contributed by atoms with Crippen molar-refractivity contribution in [3.8, 4) is 28.1 Å². The molecule has 0 bridgehead atoms. The summed E-state index contributed by atoms with van der Waals surface area (Å²) >= 11 is 0. The number of hydrogen-bond acceptors (Lipinski definition) is 5. The van der Waals surface area contributed by atoms with Crippen LogP contribution in [0.15, 0.2) is 61.6 Å². The molecule has 150 valence electrons. The van der Waals surface area contributed by atoms with E-state index in [1.165, 1.54) is 13.2 Å².